The van der Waals surface area contributed by atoms with Gasteiger partial charge in [-0.15, -0.1) is 0 Å². The standard InChI is InChI=1S/C20H22F3N3O3/c1-24-19(26-11-15-12-27-17-8-4-5-9-18(17)29-15)25-10-14-6-2-3-7-16(14)28-13-20(21,22)23/h2-9,15H,10-13H2,1H3,(H2,24,25,26). The molecule has 0 radical (unpaired) electrons. The average Bonchev–Trinajstić information content (AvgIpc) is 2.72. The number of hydrogen-bond acceptors (Lipinski definition) is 4. The predicted octanol–water partition coefficient (Wildman–Crippen LogP) is 3.13. The van der Waals surface area contributed by atoms with Crippen molar-refractivity contribution in [2.45, 2.75) is 18.8 Å². The number of nitrogens with zero attached hydrogens (tertiary/aromatic N) is 1. The van der Waals surface area contributed by atoms with Gasteiger partial charge in [-0.25, -0.2) is 0 Å². The van der Waals surface area contributed by atoms with Gasteiger partial charge in [-0.3, -0.25) is 4.99 Å². The van der Waals surface area contributed by atoms with E-state index in [1.165, 1.54) is 6.07 Å². The number of hydrogen-bond donors (Lipinski definition) is 2. The number of ether oxygens (including phenoxy) is 3. The molecular weight excluding hydrogens is 387 g/mol. The third kappa shape index (κ3) is 6.20. The van der Waals surface area contributed by atoms with Gasteiger partial charge in [0.25, 0.3) is 0 Å². The molecule has 1 aliphatic heterocycles. The van der Waals surface area contributed by atoms with Crippen molar-refractivity contribution < 1.29 is 27.4 Å². The van der Waals surface area contributed by atoms with Crippen LogP contribution >= 0.6 is 0 Å². The average molecular weight is 409 g/mol. The van der Waals surface area contributed by atoms with Gasteiger partial charge in [-0.2, -0.15) is 13.2 Å². The highest BCUT2D eigenvalue weighted by atomic mass is 19.4. The van der Waals surface area contributed by atoms with E-state index in [0.29, 0.717) is 36.2 Å². The first-order valence-corrected chi connectivity index (χ1v) is 9.05. The summed E-state index contributed by atoms with van der Waals surface area (Å²) < 4.78 is 53.7. The molecule has 3 rings (SSSR count). The summed E-state index contributed by atoms with van der Waals surface area (Å²) in [6, 6.07) is 14.0. The van der Waals surface area contributed by atoms with Crippen molar-refractivity contribution in [3.63, 3.8) is 0 Å². The molecule has 0 amide bonds. The van der Waals surface area contributed by atoms with Gasteiger partial charge in [-0.1, -0.05) is 30.3 Å². The van der Waals surface area contributed by atoms with Crippen molar-refractivity contribution in [2.24, 2.45) is 4.99 Å². The highest BCUT2D eigenvalue weighted by Crippen LogP contribution is 2.30. The third-order valence-electron chi connectivity index (χ3n) is 4.10. The molecule has 2 aromatic rings. The maximum atomic E-state index is 12.4. The summed E-state index contributed by atoms with van der Waals surface area (Å²) >= 11 is 0. The smallest absolute Gasteiger partial charge is 0.422 e. The number of benzene rings is 2. The van der Waals surface area contributed by atoms with Crippen molar-refractivity contribution in [3.8, 4) is 17.2 Å². The second-order valence-corrected chi connectivity index (χ2v) is 6.32. The van der Waals surface area contributed by atoms with Crippen LogP contribution < -0.4 is 24.8 Å². The lowest BCUT2D eigenvalue weighted by Gasteiger charge is -2.27. The Bertz CT molecular complexity index is 843. The van der Waals surface area contributed by atoms with Gasteiger partial charge in [-0.05, 0) is 18.2 Å². The lowest BCUT2D eigenvalue weighted by molar-refractivity contribution is -0.153. The minimum absolute atomic E-state index is 0.174. The first kappa shape index (κ1) is 20.6. The van der Waals surface area contributed by atoms with Crippen molar-refractivity contribution >= 4 is 5.96 Å². The fourth-order valence-electron chi connectivity index (χ4n) is 2.72. The Morgan fingerprint density at radius 2 is 1.83 bits per heavy atom. The number of rotatable bonds is 6. The number of halogens is 3. The lowest BCUT2D eigenvalue weighted by atomic mass is 10.2. The molecule has 156 valence electrons. The minimum atomic E-state index is -4.39. The molecule has 2 aromatic carbocycles. The largest absolute Gasteiger partial charge is 0.486 e. The van der Waals surface area contributed by atoms with Gasteiger partial charge in [0.1, 0.15) is 18.5 Å². The monoisotopic (exact) mass is 409 g/mol. The minimum Gasteiger partial charge on any atom is -0.486 e. The van der Waals surface area contributed by atoms with E-state index in [9.17, 15) is 13.2 Å². The molecule has 1 unspecified atom stereocenters. The molecule has 0 saturated heterocycles. The quantitative estimate of drug-likeness (QED) is 0.567. The molecule has 2 N–H and O–H groups in total. The van der Waals surface area contributed by atoms with Crippen LogP contribution in [0.25, 0.3) is 0 Å². The summed E-state index contributed by atoms with van der Waals surface area (Å²) in [7, 11) is 1.61. The molecule has 0 bridgehead atoms. The van der Waals surface area contributed by atoms with E-state index in [0.717, 1.165) is 0 Å². The molecule has 6 nitrogen and oxygen atoms in total. The number of guanidine groups is 1. The number of nitrogens with one attached hydrogen (secondary N) is 2. The lowest BCUT2D eigenvalue weighted by Crippen LogP contribution is -2.45. The number of para-hydroxylation sites is 3. The van der Waals surface area contributed by atoms with E-state index in [1.807, 2.05) is 24.3 Å². The van der Waals surface area contributed by atoms with Crippen molar-refractivity contribution in [3.05, 3.63) is 54.1 Å². The Balaban J connectivity index is 1.50. The molecular formula is C20H22F3N3O3. The van der Waals surface area contributed by atoms with Crippen LogP contribution in [0.15, 0.2) is 53.5 Å². The van der Waals surface area contributed by atoms with Crippen LogP contribution in [-0.2, 0) is 6.54 Å². The van der Waals surface area contributed by atoms with E-state index in [2.05, 4.69) is 15.6 Å². The molecule has 0 aromatic heterocycles. The van der Waals surface area contributed by atoms with Gasteiger partial charge in [0, 0.05) is 19.2 Å². The van der Waals surface area contributed by atoms with Crippen molar-refractivity contribution in [2.75, 3.05) is 26.8 Å². The number of fused-ring (bicyclic) bond motifs is 1. The first-order chi connectivity index (χ1) is 13.9. The molecule has 1 aliphatic rings. The van der Waals surface area contributed by atoms with E-state index >= 15 is 0 Å². The summed E-state index contributed by atoms with van der Waals surface area (Å²) in [6.07, 6.45) is -4.59. The SMILES string of the molecule is CN=C(NCc1ccccc1OCC(F)(F)F)NCC1COc2ccccc2O1. The Kier molecular flexibility index (Phi) is 6.69. The van der Waals surface area contributed by atoms with Crippen LogP contribution in [0.3, 0.4) is 0 Å². The van der Waals surface area contributed by atoms with Crippen LogP contribution in [0.4, 0.5) is 13.2 Å². The fourth-order valence-corrected chi connectivity index (χ4v) is 2.72. The van der Waals surface area contributed by atoms with Crippen molar-refractivity contribution in [1.82, 2.24) is 10.6 Å². The molecule has 0 fully saturated rings. The Morgan fingerprint density at radius 3 is 2.59 bits per heavy atom. The summed E-state index contributed by atoms with van der Waals surface area (Å²) in [5, 5.41) is 6.19. The van der Waals surface area contributed by atoms with Crippen LogP contribution in [-0.4, -0.2) is 45.0 Å². The van der Waals surface area contributed by atoms with Crippen LogP contribution in [0.1, 0.15) is 5.56 Å². The summed E-state index contributed by atoms with van der Waals surface area (Å²) in [6.45, 7) is -0.245. The maximum absolute atomic E-state index is 12.4. The summed E-state index contributed by atoms with van der Waals surface area (Å²) in [5.74, 6) is 2.05. The van der Waals surface area contributed by atoms with Gasteiger partial charge < -0.3 is 24.8 Å². The molecule has 1 heterocycles. The van der Waals surface area contributed by atoms with Crippen LogP contribution in [0.5, 0.6) is 17.2 Å². The second kappa shape index (κ2) is 9.40. The number of alkyl halides is 3. The van der Waals surface area contributed by atoms with Crippen molar-refractivity contribution in [1.29, 1.82) is 0 Å². The van der Waals surface area contributed by atoms with Gasteiger partial charge in [0.05, 0.1) is 6.54 Å². The topological polar surface area (TPSA) is 64.1 Å². The summed E-state index contributed by atoms with van der Waals surface area (Å²) in [5.41, 5.74) is 0.589. The Morgan fingerprint density at radius 1 is 1.10 bits per heavy atom. The zero-order chi connectivity index (χ0) is 20.7. The first-order valence-electron chi connectivity index (χ1n) is 9.05. The molecule has 29 heavy (non-hydrogen) atoms. The molecule has 0 spiro atoms. The van der Waals surface area contributed by atoms with Gasteiger partial charge in [0.15, 0.2) is 24.1 Å². The van der Waals surface area contributed by atoms with E-state index in [4.69, 9.17) is 14.2 Å². The molecule has 9 heteroatoms. The van der Waals surface area contributed by atoms with E-state index < -0.39 is 12.8 Å². The third-order valence-corrected chi connectivity index (χ3v) is 4.10. The van der Waals surface area contributed by atoms with Gasteiger partial charge >= 0.3 is 6.18 Å². The second-order valence-electron chi connectivity index (χ2n) is 6.32. The zero-order valence-electron chi connectivity index (χ0n) is 15.8. The van der Waals surface area contributed by atoms with E-state index in [-0.39, 0.29) is 18.4 Å². The normalized spacial score (nSPS) is 16.3. The highest BCUT2D eigenvalue weighted by molar-refractivity contribution is 5.79. The predicted molar refractivity (Wildman–Crippen MR) is 103 cm³/mol. The molecule has 1 atom stereocenters. The molecule has 0 aliphatic carbocycles. The zero-order valence-corrected chi connectivity index (χ0v) is 15.8. The van der Waals surface area contributed by atoms with E-state index in [1.54, 1.807) is 25.2 Å². The maximum Gasteiger partial charge on any atom is 0.422 e. The molecule has 0 saturated carbocycles. The fraction of sp³-hybridized carbons (Fsp3) is 0.350. The Labute approximate surface area is 166 Å². The van der Waals surface area contributed by atoms with Crippen LogP contribution in [0.2, 0.25) is 0 Å². The Hall–Kier alpha value is -3.10. The van der Waals surface area contributed by atoms with Crippen LogP contribution in [0, 0.1) is 0 Å². The highest BCUT2D eigenvalue weighted by Gasteiger charge is 2.28. The number of aliphatic imine (C=N–C) groups is 1. The van der Waals surface area contributed by atoms with Gasteiger partial charge in [0.2, 0.25) is 0 Å². The summed E-state index contributed by atoms with van der Waals surface area (Å²) in [4.78, 5) is 4.12.